The molecular formula is C17H22INO3. The van der Waals surface area contributed by atoms with Crippen LogP contribution in [0.5, 0.6) is 0 Å². The van der Waals surface area contributed by atoms with Gasteiger partial charge >= 0.3 is 6.09 Å². The third-order valence-corrected chi connectivity index (χ3v) is 5.50. The van der Waals surface area contributed by atoms with Crippen molar-refractivity contribution >= 4 is 34.4 Å². The van der Waals surface area contributed by atoms with Gasteiger partial charge in [-0.1, -0.05) is 25.3 Å². The first kappa shape index (κ1) is 16.1. The van der Waals surface area contributed by atoms with Gasteiger partial charge in [0.15, 0.2) is 0 Å². The maximum atomic E-state index is 12.0. The first-order chi connectivity index (χ1) is 10.7. The van der Waals surface area contributed by atoms with Gasteiger partial charge in [0.05, 0.1) is 13.2 Å². The number of anilines is 1. The summed E-state index contributed by atoms with van der Waals surface area (Å²) in [6.45, 7) is 1.00. The maximum absolute atomic E-state index is 12.0. The molecule has 1 saturated heterocycles. The van der Waals surface area contributed by atoms with Gasteiger partial charge in [0.25, 0.3) is 0 Å². The molecule has 1 aromatic carbocycles. The lowest BCUT2D eigenvalue weighted by molar-refractivity contribution is 0.0718. The monoisotopic (exact) mass is 415 g/mol. The van der Waals surface area contributed by atoms with Crippen LogP contribution in [0, 0.1) is 3.57 Å². The quantitative estimate of drug-likeness (QED) is 0.688. The number of ether oxygens (including phenoxy) is 2. The van der Waals surface area contributed by atoms with E-state index in [9.17, 15) is 4.79 Å². The Labute approximate surface area is 145 Å². The van der Waals surface area contributed by atoms with Crippen LogP contribution < -0.4 is 4.90 Å². The van der Waals surface area contributed by atoms with Gasteiger partial charge in [-0.2, -0.15) is 0 Å². The SMILES string of the molecule is COCC1CN(c2ccc(C3CCCCC3)c(I)c2)C(=O)O1. The van der Waals surface area contributed by atoms with Crippen LogP contribution >= 0.6 is 22.6 Å². The van der Waals surface area contributed by atoms with Gasteiger partial charge in [0, 0.05) is 16.4 Å². The van der Waals surface area contributed by atoms with Gasteiger partial charge < -0.3 is 9.47 Å². The Kier molecular flexibility index (Phi) is 5.23. The molecular weight excluding hydrogens is 393 g/mol. The summed E-state index contributed by atoms with van der Waals surface area (Å²) in [7, 11) is 1.62. The van der Waals surface area contributed by atoms with E-state index in [1.165, 1.54) is 41.2 Å². The van der Waals surface area contributed by atoms with E-state index in [-0.39, 0.29) is 12.2 Å². The zero-order valence-corrected chi connectivity index (χ0v) is 15.0. The first-order valence-electron chi connectivity index (χ1n) is 7.95. The second kappa shape index (κ2) is 7.17. The van der Waals surface area contributed by atoms with Crippen LogP contribution in [0.2, 0.25) is 0 Å². The highest BCUT2D eigenvalue weighted by Crippen LogP contribution is 2.36. The van der Waals surface area contributed by atoms with E-state index in [2.05, 4.69) is 40.8 Å². The molecule has 2 fully saturated rings. The van der Waals surface area contributed by atoms with Crippen molar-refractivity contribution in [3.05, 3.63) is 27.3 Å². The van der Waals surface area contributed by atoms with Crippen molar-refractivity contribution in [1.82, 2.24) is 0 Å². The van der Waals surface area contributed by atoms with E-state index in [1.54, 1.807) is 12.0 Å². The highest BCUT2D eigenvalue weighted by Gasteiger charge is 2.32. The molecule has 1 aromatic rings. The van der Waals surface area contributed by atoms with Crippen LogP contribution in [0.4, 0.5) is 10.5 Å². The third-order valence-electron chi connectivity index (χ3n) is 4.57. The van der Waals surface area contributed by atoms with Gasteiger partial charge in [0.1, 0.15) is 6.10 Å². The molecule has 0 spiro atoms. The zero-order valence-electron chi connectivity index (χ0n) is 12.9. The fraction of sp³-hybridized carbons (Fsp3) is 0.588. The molecule has 0 bridgehead atoms. The number of hydrogen-bond donors (Lipinski definition) is 0. The minimum Gasteiger partial charge on any atom is -0.441 e. The molecule has 0 aromatic heterocycles. The van der Waals surface area contributed by atoms with Gasteiger partial charge in [0.2, 0.25) is 0 Å². The summed E-state index contributed by atoms with van der Waals surface area (Å²) in [5, 5.41) is 0. The number of benzene rings is 1. The number of hydrogen-bond acceptors (Lipinski definition) is 3. The molecule has 120 valence electrons. The van der Waals surface area contributed by atoms with Crippen molar-refractivity contribution in [3.8, 4) is 0 Å². The summed E-state index contributed by atoms with van der Waals surface area (Å²) < 4.78 is 11.6. The number of halogens is 1. The van der Waals surface area contributed by atoms with Crippen LogP contribution in [0.1, 0.15) is 43.6 Å². The predicted octanol–water partition coefficient (Wildman–Crippen LogP) is 4.31. The Bertz CT molecular complexity index is 543. The molecule has 0 radical (unpaired) electrons. The van der Waals surface area contributed by atoms with Crippen molar-refractivity contribution in [1.29, 1.82) is 0 Å². The van der Waals surface area contributed by atoms with E-state index < -0.39 is 0 Å². The van der Waals surface area contributed by atoms with Crippen LogP contribution in [-0.2, 0) is 9.47 Å². The Balaban J connectivity index is 1.75. The molecule has 22 heavy (non-hydrogen) atoms. The Morgan fingerprint density at radius 2 is 2.09 bits per heavy atom. The van der Waals surface area contributed by atoms with Gasteiger partial charge in [-0.3, -0.25) is 4.90 Å². The molecule has 1 atom stereocenters. The fourth-order valence-corrected chi connectivity index (χ4v) is 4.37. The van der Waals surface area contributed by atoms with E-state index in [4.69, 9.17) is 9.47 Å². The van der Waals surface area contributed by atoms with Crippen LogP contribution in [-0.4, -0.2) is 32.5 Å². The Morgan fingerprint density at radius 3 is 2.77 bits per heavy atom. The minimum absolute atomic E-state index is 0.173. The molecule has 0 N–H and O–H groups in total. The first-order valence-corrected chi connectivity index (χ1v) is 9.03. The van der Waals surface area contributed by atoms with E-state index in [1.807, 2.05) is 0 Å². The fourth-order valence-electron chi connectivity index (χ4n) is 3.43. The number of methoxy groups -OCH3 is 1. The predicted molar refractivity (Wildman–Crippen MR) is 94.5 cm³/mol. The van der Waals surface area contributed by atoms with E-state index in [0.717, 1.165) is 5.69 Å². The highest BCUT2D eigenvalue weighted by atomic mass is 127. The summed E-state index contributed by atoms with van der Waals surface area (Å²) in [6.07, 6.45) is 6.16. The number of rotatable bonds is 4. The molecule has 1 aliphatic carbocycles. The van der Waals surface area contributed by atoms with Crippen molar-refractivity contribution in [2.24, 2.45) is 0 Å². The van der Waals surface area contributed by atoms with Gasteiger partial charge in [-0.05, 0) is 59.0 Å². The Morgan fingerprint density at radius 1 is 1.32 bits per heavy atom. The second-order valence-electron chi connectivity index (χ2n) is 6.11. The maximum Gasteiger partial charge on any atom is 0.414 e. The van der Waals surface area contributed by atoms with Crippen molar-refractivity contribution < 1.29 is 14.3 Å². The average Bonchev–Trinajstić information content (AvgIpc) is 2.89. The summed E-state index contributed by atoms with van der Waals surface area (Å²) in [5.41, 5.74) is 2.36. The van der Waals surface area contributed by atoms with E-state index >= 15 is 0 Å². The summed E-state index contributed by atoms with van der Waals surface area (Å²) in [6, 6.07) is 6.37. The number of carbonyl (C=O) groups excluding carboxylic acids is 1. The zero-order chi connectivity index (χ0) is 15.5. The molecule has 1 saturated carbocycles. The van der Waals surface area contributed by atoms with Gasteiger partial charge in [-0.25, -0.2) is 4.79 Å². The summed E-state index contributed by atoms with van der Waals surface area (Å²) >= 11 is 2.40. The molecule has 1 heterocycles. The molecule has 5 heteroatoms. The highest BCUT2D eigenvalue weighted by molar-refractivity contribution is 14.1. The molecule has 3 rings (SSSR count). The lowest BCUT2D eigenvalue weighted by Gasteiger charge is -2.24. The Hall–Kier alpha value is -0.820. The molecule has 1 amide bonds. The van der Waals surface area contributed by atoms with Crippen molar-refractivity contribution in [2.45, 2.75) is 44.1 Å². The van der Waals surface area contributed by atoms with Gasteiger partial charge in [-0.15, -0.1) is 0 Å². The molecule has 4 nitrogen and oxygen atoms in total. The number of carbonyl (C=O) groups is 1. The second-order valence-corrected chi connectivity index (χ2v) is 7.27. The molecule has 2 aliphatic rings. The third kappa shape index (κ3) is 3.40. The van der Waals surface area contributed by atoms with Crippen molar-refractivity contribution in [2.75, 3.05) is 25.2 Å². The minimum atomic E-state index is -0.275. The normalized spacial score (nSPS) is 22.9. The lowest BCUT2D eigenvalue weighted by atomic mass is 9.84. The summed E-state index contributed by atoms with van der Waals surface area (Å²) in [5.74, 6) is 0.682. The molecule has 1 aliphatic heterocycles. The standard InChI is InChI=1S/C17H22INO3/c1-21-11-14-10-19(17(20)22-14)13-7-8-15(16(18)9-13)12-5-3-2-4-6-12/h7-9,12,14H,2-6,10-11H2,1H3. The number of amides is 1. The van der Waals surface area contributed by atoms with E-state index in [0.29, 0.717) is 19.1 Å². The smallest absolute Gasteiger partial charge is 0.414 e. The average molecular weight is 415 g/mol. The molecule has 1 unspecified atom stereocenters. The van der Waals surface area contributed by atoms with Crippen LogP contribution in [0.25, 0.3) is 0 Å². The lowest BCUT2D eigenvalue weighted by Crippen LogP contribution is -2.25. The summed E-state index contributed by atoms with van der Waals surface area (Å²) in [4.78, 5) is 13.7. The van der Waals surface area contributed by atoms with Crippen LogP contribution in [0.15, 0.2) is 18.2 Å². The largest absolute Gasteiger partial charge is 0.441 e. The van der Waals surface area contributed by atoms with Crippen LogP contribution in [0.3, 0.4) is 0 Å². The number of nitrogens with zero attached hydrogens (tertiary/aromatic N) is 1. The van der Waals surface area contributed by atoms with Crippen molar-refractivity contribution in [3.63, 3.8) is 0 Å². The number of cyclic esters (lactones) is 1. The topological polar surface area (TPSA) is 38.8 Å².